The smallest absolute Gasteiger partial charge is 0.129 e. The summed E-state index contributed by atoms with van der Waals surface area (Å²) in [5.74, 6) is 2.60. The van der Waals surface area contributed by atoms with Crippen LogP contribution in [0.15, 0.2) is 39.4 Å². The van der Waals surface area contributed by atoms with Crippen molar-refractivity contribution in [2.24, 2.45) is 0 Å². The van der Waals surface area contributed by atoms with Gasteiger partial charge in [-0.1, -0.05) is 6.92 Å². The molecule has 0 fully saturated rings. The first-order valence-electron chi connectivity index (χ1n) is 8.16. The second kappa shape index (κ2) is 8.91. The molecule has 2 atom stereocenters. The summed E-state index contributed by atoms with van der Waals surface area (Å²) in [5, 5.41) is 10.2. The Balaban J connectivity index is 1.81. The molecular weight excluding hydrogens is 294 g/mol. The molecular formula is C18H27NO4. The van der Waals surface area contributed by atoms with E-state index in [0.29, 0.717) is 25.7 Å². The van der Waals surface area contributed by atoms with Gasteiger partial charge in [-0.3, -0.25) is 4.90 Å². The van der Waals surface area contributed by atoms with Crippen LogP contribution in [0.1, 0.15) is 37.5 Å². The molecule has 0 bridgehead atoms. The Morgan fingerprint density at radius 2 is 2.09 bits per heavy atom. The van der Waals surface area contributed by atoms with E-state index in [2.05, 4.69) is 18.7 Å². The van der Waals surface area contributed by atoms with Crippen molar-refractivity contribution in [2.75, 3.05) is 13.2 Å². The predicted molar refractivity (Wildman–Crippen MR) is 88.0 cm³/mol. The maximum atomic E-state index is 10.2. The Morgan fingerprint density at radius 3 is 2.70 bits per heavy atom. The third-order valence-corrected chi connectivity index (χ3v) is 3.95. The van der Waals surface area contributed by atoms with E-state index in [1.807, 2.05) is 31.2 Å². The van der Waals surface area contributed by atoms with E-state index in [4.69, 9.17) is 13.6 Å². The van der Waals surface area contributed by atoms with Gasteiger partial charge in [-0.15, -0.1) is 0 Å². The van der Waals surface area contributed by atoms with Crippen LogP contribution < -0.4 is 0 Å². The normalized spacial score (nSPS) is 14.3. The van der Waals surface area contributed by atoms with E-state index in [0.717, 1.165) is 23.7 Å². The summed E-state index contributed by atoms with van der Waals surface area (Å²) in [4.78, 5) is 2.22. The summed E-state index contributed by atoms with van der Waals surface area (Å²) >= 11 is 0. The minimum Gasteiger partial charge on any atom is -0.467 e. The fourth-order valence-electron chi connectivity index (χ4n) is 2.44. The molecule has 128 valence electrons. The summed E-state index contributed by atoms with van der Waals surface area (Å²) in [7, 11) is 0. The lowest BCUT2D eigenvalue weighted by Gasteiger charge is -2.29. The first-order chi connectivity index (χ1) is 11.1. The average molecular weight is 321 g/mol. The largest absolute Gasteiger partial charge is 0.467 e. The maximum absolute atomic E-state index is 10.2. The quantitative estimate of drug-likeness (QED) is 0.727. The highest BCUT2D eigenvalue weighted by Gasteiger charge is 2.18. The zero-order valence-corrected chi connectivity index (χ0v) is 14.2. The van der Waals surface area contributed by atoms with Crippen LogP contribution >= 0.6 is 0 Å². The van der Waals surface area contributed by atoms with Crippen LogP contribution in [0.25, 0.3) is 0 Å². The highest BCUT2D eigenvalue weighted by atomic mass is 16.5. The van der Waals surface area contributed by atoms with Gasteiger partial charge in [-0.05, 0) is 44.5 Å². The van der Waals surface area contributed by atoms with Crippen LogP contribution in [0.5, 0.6) is 0 Å². The highest BCUT2D eigenvalue weighted by Crippen LogP contribution is 2.14. The SMILES string of the molecule is CC[C@H](C)N(Cc1ccc(C)o1)C[C@@H](O)COCc1ccco1. The summed E-state index contributed by atoms with van der Waals surface area (Å²) in [6.07, 6.45) is 2.08. The van der Waals surface area contributed by atoms with Crippen LogP contribution in [-0.2, 0) is 17.9 Å². The second-order valence-corrected chi connectivity index (χ2v) is 5.95. The van der Waals surface area contributed by atoms with Crippen molar-refractivity contribution in [3.8, 4) is 0 Å². The van der Waals surface area contributed by atoms with Gasteiger partial charge in [0, 0.05) is 12.6 Å². The van der Waals surface area contributed by atoms with Gasteiger partial charge >= 0.3 is 0 Å². The molecule has 0 aromatic carbocycles. The van der Waals surface area contributed by atoms with Gasteiger partial charge in [0.25, 0.3) is 0 Å². The molecule has 0 aliphatic heterocycles. The third kappa shape index (κ3) is 5.86. The lowest BCUT2D eigenvalue weighted by Crippen LogP contribution is -2.39. The van der Waals surface area contributed by atoms with Crippen molar-refractivity contribution in [1.82, 2.24) is 4.90 Å². The molecule has 0 radical (unpaired) electrons. The fraction of sp³-hybridized carbons (Fsp3) is 0.556. The summed E-state index contributed by atoms with van der Waals surface area (Å²) in [6.45, 7) is 8.14. The minimum atomic E-state index is -0.546. The number of nitrogens with zero attached hydrogens (tertiary/aromatic N) is 1. The van der Waals surface area contributed by atoms with Gasteiger partial charge < -0.3 is 18.7 Å². The average Bonchev–Trinajstić information content (AvgIpc) is 3.17. The molecule has 0 aliphatic rings. The number of aliphatic hydroxyl groups is 1. The molecule has 1 N–H and O–H groups in total. The molecule has 0 unspecified atom stereocenters. The number of aliphatic hydroxyl groups excluding tert-OH is 1. The van der Waals surface area contributed by atoms with E-state index < -0.39 is 6.10 Å². The van der Waals surface area contributed by atoms with Crippen LogP contribution in [0.4, 0.5) is 0 Å². The van der Waals surface area contributed by atoms with Crippen LogP contribution in [-0.4, -0.2) is 35.3 Å². The maximum Gasteiger partial charge on any atom is 0.129 e. The van der Waals surface area contributed by atoms with Gasteiger partial charge in [-0.25, -0.2) is 0 Å². The standard InChI is InChI=1S/C18H27NO4/c1-4-14(2)19(11-17-8-7-15(3)23-17)10-16(20)12-21-13-18-6-5-9-22-18/h5-9,14,16,20H,4,10-13H2,1-3H3/t14-,16+/m0/s1. The number of aryl methyl sites for hydroxylation is 1. The van der Waals surface area contributed by atoms with Gasteiger partial charge in [-0.2, -0.15) is 0 Å². The minimum absolute atomic E-state index is 0.283. The van der Waals surface area contributed by atoms with Crippen molar-refractivity contribution >= 4 is 0 Å². The third-order valence-electron chi connectivity index (χ3n) is 3.95. The van der Waals surface area contributed by atoms with Gasteiger partial charge in [0.2, 0.25) is 0 Å². The van der Waals surface area contributed by atoms with Gasteiger partial charge in [0.05, 0.1) is 25.5 Å². The topological polar surface area (TPSA) is 59.0 Å². The molecule has 2 aromatic rings. The number of ether oxygens (including phenoxy) is 1. The Hall–Kier alpha value is -1.56. The zero-order chi connectivity index (χ0) is 16.7. The Morgan fingerprint density at radius 1 is 1.26 bits per heavy atom. The van der Waals surface area contributed by atoms with Crippen LogP contribution in [0.2, 0.25) is 0 Å². The van der Waals surface area contributed by atoms with Crippen molar-refractivity contribution in [3.05, 3.63) is 47.8 Å². The highest BCUT2D eigenvalue weighted by molar-refractivity contribution is 5.05. The summed E-state index contributed by atoms with van der Waals surface area (Å²) in [5.41, 5.74) is 0. The molecule has 2 aromatic heterocycles. The molecule has 0 spiro atoms. The molecule has 2 heterocycles. The number of hydrogen-bond acceptors (Lipinski definition) is 5. The molecule has 0 aliphatic carbocycles. The zero-order valence-electron chi connectivity index (χ0n) is 14.2. The van der Waals surface area contributed by atoms with Crippen molar-refractivity contribution in [2.45, 2.75) is 52.5 Å². The van der Waals surface area contributed by atoms with Gasteiger partial charge in [0.15, 0.2) is 0 Å². The van der Waals surface area contributed by atoms with E-state index in [9.17, 15) is 5.11 Å². The van der Waals surface area contributed by atoms with Gasteiger partial charge in [0.1, 0.15) is 23.9 Å². The molecule has 23 heavy (non-hydrogen) atoms. The molecule has 0 saturated heterocycles. The van der Waals surface area contributed by atoms with Crippen LogP contribution in [0, 0.1) is 6.92 Å². The Kier molecular flexibility index (Phi) is 6.89. The summed E-state index contributed by atoms with van der Waals surface area (Å²) < 4.78 is 16.4. The number of furan rings is 2. The second-order valence-electron chi connectivity index (χ2n) is 5.95. The molecule has 5 heteroatoms. The Labute approximate surface area is 137 Å². The lowest BCUT2D eigenvalue weighted by atomic mass is 10.2. The monoisotopic (exact) mass is 321 g/mol. The molecule has 0 amide bonds. The Bertz CT molecular complexity index is 549. The molecule has 5 nitrogen and oxygen atoms in total. The first kappa shape index (κ1) is 17.8. The molecule has 0 saturated carbocycles. The lowest BCUT2D eigenvalue weighted by molar-refractivity contribution is -0.00389. The van der Waals surface area contributed by atoms with E-state index in [1.165, 1.54) is 0 Å². The van der Waals surface area contributed by atoms with Crippen molar-refractivity contribution in [3.63, 3.8) is 0 Å². The fourth-order valence-corrected chi connectivity index (χ4v) is 2.44. The molecule has 2 rings (SSSR count). The van der Waals surface area contributed by atoms with E-state index in [1.54, 1.807) is 6.26 Å². The van der Waals surface area contributed by atoms with E-state index in [-0.39, 0.29) is 6.61 Å². The van der Waals surface area contributed by atoms with Crippen molar-refractivity contribution in [1.29, 1.82) is 0 Å². The predicted octanol–water partition coefficient (Wildman–Crippen LogP) is 3.36. The first-order valence-corrected chi connectivity index (χ1v) is 8.16. The van der Waals surface area contributed by atoms with Crippen molar-refractivity contribution < 1.29 is 18.7 Å². The summed E-state index contributed by atoms with van der Waals surface area (Å²) in [6, 6.07) is 8.00. The number of rotatable bonds is 10. The van der Waals surface area contributed by atoms with E-state index >= 15 is 0 Å². The van der Waals surface area contributed by atoms with Crippen LogP contribution in [0.3, 0.4) is 0 Å². The number of hydrogen-bond donors (Lipinski definition) is 1.